The van der Waals surface area contributed by atoms with Gasteiger partial charge in [0.05, 0.1) is 18.5 Å². The van der Waals surface area contributed by atoms with E-state index in [9.17, 15) is 8.42 Å². The number of rotatable bonds is 5. The number of aliphatic imine (C=N–C) groups is 1. The Morgan fingerprint density at radius 2 is 2.09 bits per heavy atom. The lowest BCUT2D eigenvalue weighted by molar-refractivity contribution is -0.0816. The largest absolute Gasteiger partial charge is 0.375 e. The number of hydrogen-bond acceptors (Lipinski definition) is 5. The third kappa shape index (κ3) is 4.82. The molecule has 0 spiro atoms. The average Bonchev–Trinajstić information content (AvgIpc) is 3.06. The summed E-state index contributed by atoms with van der Waals surface area (Å²) in [4.78, 5) is 6.38. The van der Waals surface area contributed by atoms with E-state index >= 15 is 0 Å². The second-order valence-corrected chi connectivity index (χ2v) is 8.09. The fraction of sp³-hybridized carbons (Fsp3) is 0.929. The highest BCUT2D eigenvalue weighted by molar-refractivity contribution is 7.91. The van der Waals surface area contributed by atoms with Gasteiger partial charge in [0.2, 0.25) is 0 Å². The van der Waals surface area contributed by atoms with Gasteiger partial charge in [0.15, 0.2) is 15.8 Å². The molecule has 0 aromatic heterocycles. The summed E-state index contributed by atoms with van der Waals surface area (Å²) in [6.07, 6.45) is 2.36. The number of ether oxygens (including phenoxy) is 2. The van der Waals surface area contributed by atoms with E-state index in [-0.39, 0.29) is 23.7 Å². The van der Waals surface area contributed by atoms with Crippen LogP contribution in [0.3, 0.4) is 0 Å². The van der Waals surface area contributed by atoms with Gasteiger partial charge in [-0.2, -0.15) is 0 Å². The van der Waals surface area contributed by atoms with E-state index in [1.165, 1.54) is 0 Å². The minimum absolute atomic E-state index is 0.0641. The maximum Gasteiger partial charge on any atom is 0.193 e. The molecule has 0 aromatic rings. The summed E-state index contributed by atoms with van der Waals surface area (Å²) < 4.78 is 34.6. The second kappa shape index (κ2) is 8.12. The molecule has 0 aliphatic carbocycles. The van der Waals surface area contributed by atoms with Crippen molar-refractivity contribution in [1.29, 1.82) is 0 Å². The van der Waals surface area contributed by atoms with Crippen LogP contribution in [-0.2, 0) is 19.3 Å². The van der Waals surface area contributed by atoms with Crippen molar-refractivity contribution < 1.29 is 17.9 Å². The lowest BCUT2D eigenvalue weighted by Gasteiger charge is -2.37. The van der Waals surface area contributed by atoms with Gasteiger partial charge >= 0.3 is 0 Å². The molecule has 0 saturated carbocycles. The molecule has 2 heterocycles. The van der Waals surface area contributed by atoms with Crippen molar-refractivity contribution >= 4 is 15.8 Å². The monoisotopic (exact) mass is 333 g/mol. The predicted molar refractivity (Wildman–Crippen MR) is 86.0 cm³/mol. The van der Waals surface area contributed by atoms with Gasteiger partial charge in [-0.25, -0.2) is 8.42 Å². The fourth-order valence-electron chi connectivity index (χ4n) is 2.78. The zero-order chi connectivity index (χ0) is 16.0. The third-order valence-electron chi connectivity index (χ3n) is 4.12. The number of sulfone groups is 1. The normalized spacial score (nSPS) is 27.2. The first kappa shape index (κ1) is 17.5. The van der Waals surface area contributed by atoms with Gasteiger partial charge in [0.25, 0.3) is 0 Å². The molecule has 8 heteroatoms. The van der Waals surface area contributed by atoms with Gasteiger partial charge in [-0.15, -0.1) is 0 Å². The molecule has 2 fully saturated rings. The summed E-state index contributed by atoms with van der Waals surface area (Å²) in [5.74, 6) is 1.03. The van der Waals surface area contributed by atoms with Crippen LogP contribution in [0.1, 0.15) is 19.8 Å². The van der Waals surface area contributed by atoms with Crippen LogP contribution in [0.25, 0.3) is 0 Å². The molecule has 2 rings (SSSR count). The van der Waals surface area contributed by atoms with E-state index in [2.05, 4.69) is 15.2 Å². The van der Waals surface area contributed by atoms with Crippen LogP contribution >= 0.6 is 0 Å². The molecule has 2 saturated heterocycles. The molecular weight excluding hydrogens is 306 g/mol. The first-order valence-electron chi connectivity index (χ1n) is 7.95. The molecule has 1 N–H and O–H groups in total. The van der Waals surface area contributed by atoms with Crippen molar-refractivity contribution in [2.24, 2.45) is 4.99 Å². The lowest BCUT2D eigenvalue weighted by atomic mass is 10.1. The van der Waals surface area contributed by atoms with Crippen LogP contribution in [0.15, 0.2) is 4.99 Å². The Labute approximate surface area is 133 Å². The zero-order valence-electron chi connectivity index (χ0n) is 13.5. The highest BCUT2D eigenvalue weighted by atomic mass is 32.2. The van der Waals surface area contributed by atoms with Gasteiger partial charge < -0.3 is 19.7 Å². The highest BCUT2D eigenvalue weighted by Gasteiger charge is 2.32. The van der Waals surface area contributed by atoms with Gasteiger partial charge in [-0.05, 0) is 12.8 Å². The summed E-state index contributed by atoms with van der Waals surface area (Å²) in [5, 5.41) is 3.14. The topological polar surface area (TPSA) is 80.2 Å². The number of morpholine rings is 1. The van der Waals surface area contributed by atoms with E-state index in [1.807, 2.05) is 0 Å². The molecule has 22 heavy (non-hydrogen) atoms. The Hall–Kier alpha value is -0.860. The first-order valence-corrected chi connectivity index (χ1v) is 9.77. The van der Waals surface area contributed by atoms with Crippen LogP contribution in [0.4, 0.5) is 0 Å². The summed E-state index contributed by atoms with van der Waals surface area (Å²) in [5.41, 5.74) is 0. The molecule has 2 atom stereocenters. The fourth-order valence-corrected chi connectivity index (χ4v) is 3.49. The quantitative estimate of drug-likeness (QED) is 0.558. The molecule has 2 aliphatic rings. The van der Waals surface area contributed by atoms with Crippen LogP contribution in [0, 0.1) is 0 Å². The van der Waals surface area contributed by atoms with E-state index in [1.54, 1.807) is 14.0 Å². The summed E-state index contributed by atoms with van der Waals surface area (Å²) in [7, 11) is -1.24. The Bertz CT molecular complexity index is 474. The molecule has 7 nitrogen and oxygen atoms in total. The zero-order valence-corrected chi connectivity index (χ0v) is 14.3. The van der Waals surface area contributed by atoms with Gasteiger partial charge in [-0.3, -0.25) is 4.99 Å². The van der Waals surface area contributed by atoms with Crippen molar-refractivity contribution in [1.82, 2.24) is 10.2 Å². The van der Waals surface area contributed by atoms with Crippen molar-refractivity contribution in [2.45, 2.75) is 32.0 Å². The molecule has 0 bridgehead atoms. The number of nitrogens with zero attached hydrogens (tertiary/aromatic N) is 2. The SMILES string of the molecule is CCS(=O)(=O)CCNC(=NC)N1CCOC(C2CCCO2)C1. The molecule has 2 aliphatic heterocycles. The Morgan fingerprint density at radius 1 is 1.32 bits per heavy atom. The smallest absolute Gasteiger partial charge is 0.193 e. The predicted octanol–water partition coefficient (Wildman–Crippen LogP) is -0.124. The first-order chi connectivity index (χ1) is 10.6. The van der Waals surface area contributed by atoms with Crippen molar-refractivity contribution in [3.05, 3.63) is 0 Å². The van der Waals surface area contributed by atoms with Crippen LogP contribution in [0.2, 0.25) is 0 Å². The average molecular weight is 333 g/mol. The Morgan fingerprint density at radius 3 is 2.73 bits per heavy atom. The molecule has 0 radical (unpaired) electrons. The molecule has 0 amide bonds. The number of guanidine groups is 1. The third-order valence-corrected chi connectivity index (χ3v) is 5.83. The highest BCUT2D eigenvalue weighted by Crippen LogP contribution is 2.20. The molecule has 0 aromatic carbocycles. The van der Waals surface area contributed by atoms with E-state index in [4.69, 9.17) is 9.47 Å². The van der Waals surface area contributed by atoms with Gasteiger partial charge in [0, 0.05) is 39.0 Å². The maximum atomic E-state index is 11.5. The van der Waals surface area contributed by atoms with Gasteiger partial charge in [-0.1, -0.05) is 6.92 Å². The minimum Gasteiger partial charge on any atom is -0.375 e. The summed E-state index contributed by atoms with van der Waals surface area (Å²) in [6, 6.07) is 0. The second-order valence-electron chi connectivity index (χ2n) is 5.62. The molecule has 2 unspecified atom stereocenters. The van der Waals surface area contributed by atoms with E-state index < -0.39 is 9.84 Å². The minimum atomic E-state index is -2.96. The van der Waals surface area contributed by atoms with E-state index in [0.717, 1.165) is 38.5 Å². The summed E-state index contributed by atoms with van der Waals surface area (Å²) >= 11 is 0. The lowest BCUT2D eigenvalue weighted by Crippen LogP contribution is -2.53. The van der Waals surface area contributed by atoms with Crippen molar-refractivity contribution in [3.8, 4) is 0 Å². The van der Waals surface area contributed by atoms with Crippen molar-refractivity contribution in [2.75, 3.05) is 51.4 Å². The van der Waals surface area contributed by atoms with Crippen LogP contribution in [0.5, 0.6) is 0 Å². The standard InChI is InChI=1S/C14H27N3O4S/c1-3-22(18,19)10-6-16-14(15-2)17-7-9-21-13(11-17)12-5-4-8-20-12/h12-13H,3-11H2,1-2H3,(H,15,16). The molecular formula is C14H27N3O4S. The van der Waals surface area contributed by atoms with Crippen LogP contribution < -0.4 is 5.32 Å². The van der Waals surface area contributed by atoms with Gasteiger partial charge in [0.1, 0.15) is 6.10 Å². The molecule has 128 valence electrons. The van der Waals surface area contributed by atoms with E-state index in [0.29, 0.717) is 13.2 Å². The number of nitrogens with one attached hydrogen (secondary N) is 1. The van der Waals surface area contributed by atoms with Crippen molar-refractivity contribution in [3.63, 3.8) is 0 Å². The Kier molecular flexibility index (Phi) is 6.46. The maximum absolute atomic E-state index is 11.5. The van der Waals surface area contributed by atoms with Crippen LogP contribution in [-0.4, -0.2) is 82.9 Å². The summed E-state index contributed by atoms with van der Waals surface area (Å²) in [6.45, 7) is 4.97. The Balaban J connectivity index is 1.84. The number of hydrogen-bond donors (Lipinski definition) is 1.